The monoisotopic (exact) mass is 322 g/mol. The van der Waals surface area contributed by atoms with Crippen molar-refractivity contribution in [1.82, 2.24) is 0 Å². The molecule has 0 radical (unpaired) electrons. The third kappa shape index (κ3) is 6.12. The Morgan fingerprint density at radius 2 is 1.30 bits per heavy atom. The van der Waals surface area contributed by atoms with Crippen LogP contribution < -0.4 is 14.2 Å². The predicted octanol–water partition coefficient (Wildman–Crippen LogP) is 5.03. The topological polar surface area (TPSA) is 44.8 Å². The predicted molar refractivity (Wildman–Crippen MR) is 93.0 cm³/mol. The van der Waals surface area contributed by atoms with Gasteiger partial charge in [0.15, 0.2) is 5.78 Å². The maximum Gasteiger partial charge on any atom is 0.170 e. The lowest BCUT2D eigenvalue weighted by atomic mass is 10.0. The first-order valence-electron chi connectivity index (χ1n) is 8.45. The molecule has 130 valence electrons. The van der Waals surface area contributed by atoms with Gasteiger partial charge < -0.3 is 14.2 Å². The van der Waals surface area contributed by atoms with Gasteiger partial charge in [-0.1, -0.05) is 6.92 Å². The zero-order valence-corrected chi connectivity index (χ0v) is 15.4. The van der Waals surface area contributed by atoms with Crippen LogP contribution in [-0.2, 0) is 0 Å². The molecule has 0 aromatic heterocycles. The summed E-state index contributed by atoms with van der Waals surface area (Å²) in [6.07, 6.45) is 1.21. The van der Waals surface area contributed by atoms with E-state index < -0.39 is 0 Å². The van der Waals surface area contributed by atoms with Gasteiger partial charge in [-0.05, 0) is 48.0 Å². The van der Waals surface area contributed by atoms with E-state index in [0.29, 0.717) is 29.2 Å². The fourth-order valence-electron chi connectivity index (χ4n) is 2.23. The molecule has 0 fully saturated rings. The summed E-state index contributed by atoms with van der Waals surface area (Å²) in [5.41, 5.74) is 0.519. The van der Waals surface area contributed by atoms with Gasteiger partial charge in [0, 0.05) is 18.6 Å². The molecule has 0 amide bonds. The number of hydrogen-bond acceptors (Lipinski definition) is 4. The molecule has 4 heteroatoms. The molecule has 0 aliphatic heterocycles. The standard InChI is InChI=1S/C19H30O4/c1-8-9-16(20)19-17(22-13(4)5)10-15(21-12(2)3)11-18(19)23-14(6)7/h10-14H,8-9H2,1-7H3. The highest BCUT2D eigenvalue weighted by molar-refractivity contribution is 6.01. The van der Waals surface area contributed by atoms with E-state index >= 15 is 0 Å². The Hall–Kier alpha value is -1.71. The molecule has 0 saturated heterocycles. The average Bonchev–Trinajstić information content (AvgIpc) is 2.35. The van der Waals surface area contributed by atoms with Crippen LogP contribution in [-0.4, -0.2) is 24.1 Å². The minimum atomic E-state index is -0.0376. The summed E-state index contributed by atoms with van der Waals surface area (Å²) in [5, 5.41) is 0. The molecule has 1 rings (SSSR count). The zero-order valence-electron chi connectivity index (χ0n) is 15.4. The second kappa shape index (κ2) is 8.80. The van der Waals surface area contributed by atoms with Crippen molar-refractivity contribution in [3.05, 3.63) is 17.7 Å². The van der Waals surface area contributed by atoms with E-state index in [1.807, 2.05) is 48.5 Å². The Balaban J connectivity index is 3.41. The number of carbonyl (C=O) groups excluding carboxylic acids is 1. The van der Waals surface area contributed by atoms with Gasteiger partial charge in [-0.25, -0.2) is 0 Å². The van der Waals surface area contributed by atoms with Gasteiger partial charge in [0.25, 0.3) is 0 Å². The van der Waals surface area contributed by atoms with Crippen molar-refractivity contribution in [3.8, 4) is 17.2 Å². The van der Waals surface area contributed by atoms with Gasteiger partial charge in [0.2, 0.25) is 0 Å². The molecule has 0 aliphatic rings. The lowest BCUT2D eigenvalue weighted by Crippen LogP contribution is -2.15. The molecular formula is C19H30O4. The van der Waals surface area contributed by atoms with Crippen molar-refractivity contribution in [1.29, 1.82) is 0 Å². The molecule has 0 N–H and O–H groups in total. The van der Waals surface area contributed by atoms with Gasteiger partial charge in [-0.15, -0.1) is 0 Å². The number of hydrogen-bond donors (Lipinski definition) is 0. The largest absolute Gasteiger partial charge is 0.491 e. The van der Waals surface area contributed by atoms with E-state index in [1.165, 1.54) is 0 Å². The molecule has 0 atom stereocenters. The van der Waals surface area contributed by atoms with E-state index in [-0.39, 0.29) is 24.1 Å². The van der Waals surface area contributed by atoms with Crippen molar-refractivity contribution in [3.63, 3.8) is 0 Å². The van der Waals surface area contributed by atoms with Crippen LogP contribution in [0.25, 0.3) is 0 Å². The molecular weight excluding hydrogens is 292 g/mol. The maximum absolute atomic E-state index is 12.6. The first kappa shape index (κ1) is 19.3. The van der Waals surface area contributed by atoms with Crippen molar-refractivity contribution >= 4 is 5.78 Å². The van der Waals surface area contributed by atoms with Gasteiger partial charge in [0.1, 0.15) is 22.8 Å². The highest BCUT2D eigenvalue weighted by Gasteiger charge is 2.22. The third-order valence-electron chi connectivity index (χ3n) is 2.89. The molecule has 0 bridgehead atoms. The zero-order chi connectivity index (χ0) is 17.6. The van der Waals surface area contributed by atoms with E-state index in [0.717, 1.165) is 6.42 Å². The van der Waals surface area contributed by atoms with Gasteiger partial charge in [-0.3, -0.25) is 4.79 Å². The Morgan fingerprint density at radius 1 is 0.870 bits per heavy atom. The fourth-order valence-corrected chi connectivity index (χ4v) is 2.23. The van der Waals surface area contributed by atoms with Crippen molar-refractivity contribution in [2.24, 2.45) is 0 Å². The van der Waals surface area contributed by atoms with Gasteiger partial charge >= 0.3 is 0 Å². The lowest BCUT2D eigenvalue weighted by molar-refractivity contribution is 0.0969. The fraction of sp³-hybridized carbons (Fsp3) is 0.632. The maximum atomic E-state index is 12.6. The first-order valence-corrected chi connectivity index (χ1v) is 8.45. The van der Waals surface area contributed by atoms with Crippen molar-refractivity contribution < 1.29 is 19.0 Å². The third-order valence-corrected chi connectivity index (χ3v) is 2.89. The van der Waals surface area contributed by atoms with Crippen LogP contribution in [0.15, 0.2) is 12.1 Å². The summed E-state index contributed by atoms with van der Waals surface area (Å²) in [6, 6.07) is 3.58. The second-order valence-electron chi connectivity index (χ2n) is 6.47. The Labute approximate surface area is 140 Å². The number of carbonyl (C=O) groups is 1. The molecule has 23 heavy (non-hydrogen) atoms. The first-order chi connectivity index (χ1) is 10.7. The van der Waals surface area contributed by atoms with Crippen LogP contribution in [0.4, 0.5) is 0 Å². The average molecular weight is 322 g/mol. The van der Waals surface area contributed by atoms with Crippen LogP contribution in [0.2, 0.25) is 0 Å². The normalized spacial score (nSPS) is 11.2. The summed E-state index contributed by atoms with van der Waals surface area (Å²) in [6.45, 7) is 13.7. The Morgan fingerprint density at radius 3 is 1.65 bits per heavy atom. The van der Waals surface area contributed by atoms with Gasteiger partial charge in [-0.2, -0.15) is 0 Å². The minimum Gasteiger partial charge on any atom is -0.491 e. The molecule has 4 nitrogen and oxygen atoms in total. The minimum absolute atomic E-state index is 0.0333. The van der Waals surface area contributed by atoms with Crippen LogP contribution in [0.3, 0.4) is 0 Å². The highest BCUT2D eigenvalue weighted by Crippen LogP contribution is 2.37. The number of ketones is 1. The second-order valence-corrected chi connectivity index (χ2v) is 6.47. The number of rotatable bonds is 9. The molecule has 0 unspecified atom stereocenters. The summed E-state index contributed by atoms with van der Waals surface area (Å²) in [7, 11) is 0. The van der Waals surface area contributed by atoms with Crippen LogP contribution in [0.1, 0.15) is 71.7 Å². The molecule has 0 aliphatic carbocycles. The molecule has 0 spiro atoms. The smallest absolute Gasteiger partial charge is 0.170 e. The summed E-state index contributed by atoms with van der Waals surface area (Å²) in [4.78, 5) is 12.6. The summed E-state index contributed by atoms with van der Waals surface area (Å²) < 4.78 is 17.5. The van der Waals surface area contributed by atoms with Crippen LogP contribution in [0.5, 0.6) is 17.2 Å². The quantitative estimate of drug-likeness (QED) is 0.598. The molecule has 1 aromatic carbocycles. The molecule has 0 heterocycles. The summed E-state index contributed by atoms with van der Waals surface area (Å²) >= 11 is 0. The number of benzene rings is 1. The lowest BCUT2D eigenvalue weighted by Gasteiger charge is -2.21. The molecule has 1 aromatic rings. The van der Waals surface area contributed by atoms with E-state index in [2.05, 4.69) is 0 Å². The van der Waals surface area contributed by atoms with E-state index in [9.17, 15) is 4.79 Å². The van der Waals surface area contributed by atoms with E-state index in [4.69, 9.17) is 14.2 Å². The Bertz CT molecular complexity index is 487. The van der Waals surface area contributed by atoms with Crippen LogP contribution in [0, 0.1) is 0 Å². The van der Waals surface area contributed by atoms with Crippen LogP contribution >= 0.6 is 0 Å². The SMILES string of the molecule is CCCC(=O)c1c(OC(C)C)cc(OC(C)C)cc1OC(C)C. The van der Waals surface area contributed by atoms with E-state index in [1.54, 1.807) is 12.1 Å². The molecule has 0 saturated carbocycles. The van der Waals surface area contributed by atoms with Crippen molar-refractivity contribution in [2.45, 2.75) is 79.6 Å². The van der Waals surface area contributed by atoms with Crippen molar-refractivity contribution in [2.75, 3.05) is 0 Å². The van der Waals surface area contributed by atoms with Gasteiger partial charge in [0.05, 0.1) is 18.3 Å². The summed E-state index contributed by atoms with van der Waals surface area (Å²) in [5.74, 6) is 1.76. The highest BCUT2D eigenvalue weighted by atomic mass is 16.5. The number of Topliss-reactive ketones (excluding diaryl/α,β-unsaturated/α-hetero) is 1. The number of ether oxygens (including phenoxy) is 3. The Kier molecular flexibility index (Phi) is 7.40.